The van der Waals surface area contributed by atoms with Crippen molar-refractivity contribution in [1.29, 1.82) is 0 Å². The van der Waals surface area contributed by atoms with Gasteiger partial charge < -0.3 is 10.1 Å². The topological polar surface area (TPSA) is 73.2 Å². The summed E-state index contributed by atoms with van der Waals surface area (Å²) in [5.74, 6) is -1.38. The first-order valence-corrected chi connectivity index (χ1v) is 8.99. The number of hydrogen-bond acceptors (Lipinski definition) is 4. The first-order chi connectivity index (χ1) is 14.0. The third kappa shape index (κ3) is 5.04. The van der Waals surface area contributed by atoms with Crippen LogP contribution in [0.15, 0.2) is 59.4 Å². The van der Waals surface area contributed by atoms with Crippen molar-refractivity contribution in [2.75, 3.05) is 6.61 Å². The molecule has 1 N–H and O–H groups in total. The van der Waals surface area contributed by atoms with Gasteiger partial charge in [-0.1, -0.05) is 6.07 Å². The van der Waals surface area contributed by atoms with Gasteiger partial charge in [0.15, 0.2) is 0 Å². The molecule has 0 fully saturated rings. The van der Waals surface area contributed by atoms with Gasteiger partial charge in [-0.2, -0.15) is 5.10 Å². The van der Waals surface area contributed by atoms with Gasteiger partial charge in [0.2, 0.25) is 5.91 Å². The minimum Gasteiger partial charge on any atom is -0.494 e. The number of rotatable bonds is 7. The van der Waals surface area contributed by atoms with Crippen molar-refractivity contribution in [3.05, 3.63) is 82.1 Å². The summed E-state index contributed by atoms with van der Waals surface area (Å²) in [6.07, 6.45) is 0. The maximum absolute atomic E-state index is 13.6. The van der Waals surface area contributed by atoms with E-state index in [-0.39, 0.29) is 18.7 Å². The van der Waals surface area contributed by atoms with Gasteiger partial charge >= 0.3 is 0 Å². The van der Waals surface area contributed by atoms with Crippen LogP contribution in [0.25, 0.3) is 11.3 Å². The Morgan fingerprint density at radius 3 is 2.41 bits per heavy atom. The van der Waals surface area contributed by atoms with Crippen molar-refractivity contribution in [3.8, 4) is 17.0 Å². The maximum atomic E-state index is 13.6. The van der Waals surface area contributed by atoms with E-state index in [1.54, 1.807) is 30.3 Å². The molecule has 0 bridgehead atoms. The molecule has 0 saturated heterocycles. The molecule has 0 radical (unpaired) electrons. The fourth-order valence-corrected chi connectivity index (χ4v) is 2.68. The van der Waals surface area contributed by atoms with Gasteiger partial charge in [0, 0.05) is 23.7 Å². The Hall–Kier alpha value is -3.55. The molecule has 3 rings (SSSR count). The molecule has 1 aromatic heterocycles. The Morgan fingerprint density at radius 1 is 1.07 bits per heavy atom. The normalized spacial score (nSPS) is 10.6. The highest BCUT2D eigenvalue weighted by atomic mass is 19.1. The van der Waals surface area contributed by atoms with Crippen LogP contribution < -0.4 is 15.6 Å². The van der Waals surface area contributed by atoms with Crippen LogP contribution in [0.3, 0.4) is 0 Å². The molecule has 3 aromatic rings. The average Bonchev–Trinajstić information content (AvgIpc) is 2.70. The van der Waals surface area contributed by atoms with E-state index in [1.807, 2.05) is 6.92 Å². The van der Waals surface area contributed by atoms with Crippen molar-refractivity contribution < 1.29 is 18.3 Å². The van der Waals surface area contributed by atoms with E-state index < -0.39 is 23.1 Å². The molecule has 0 unspecified atom stereocenters. The number of hydrogen-bond donors (Lipinski definition) is 1. The molecule has 0 aliphatic rings. The number of benzene rings is 2. The largest absolute Gasteiger partial charge is 0.494 e. The molecule has 1 heterocycles. The molecule has 29 heavy (non-hydrogen) atoms. The molecule has 8 heteroatoms. The van der Waals surface area contributed by atoms with Crippen LogP contribution in [-0.4, -0.2) is 22.3 Å². The van der Waals surface area contributed by atoms with Gasteiger partial charge in [-0.25, -0.2) is 13.5 Å². The first-order valence-electron chi connectivity index (χ1n) is 8.99. The van der Waals surface area contributed by atoms with Gasteiger partial charge in [-0.15, -0.1) is 0 Å². The number of amides is 1. The van der Waals surface area contributed by atoms with E-state index in [0.717, 1.165) is 22.4 Å². The molecule has 0 aliphatic heterocycles. The number of carbonyl (C=O) groups excluding carboxylic acids is 1. The van der Waals surface area contributed by atoms with E-state index in [4.69, 9.17) is 4.74 Å². The third-order valence-electron chi connectivity index (χ3n) is 4.15. The quantitative estimate of drug-likeness (QED) is 0.663. The van der Waals surface area contributed by atoms with E-state index in [2.05, 4.69) is 10.4 Å². The summed E-state index contributed by atoms with van der Waals surface area (Å²) in [7, 11) is 0. The summed E-state index contributed by atoms with van der Waals surface area (Å²) in [4.78, 5) is 24.2. The Balaban J connectivity index is 1.71. The Morgan fingerprint density at radius 2 is 1.76 bits per heavy atom. The summed E-state index contributed by atoms with van der Waals surface area (Å²) in [6, 6.07) is 13.5. The van der Waals surface area contributed by atoms with Crippen LogP contribution in [0.4, 0.5) is 8.78 Å². The van der Waals surface area contributed by atoms with Crippen molar-refractivity contribution in [1.82, 2.24) is 15.1 Å². The van der Waals surface area contributed by atoms with Crippen LogP contribution in [0, 0.1) is 11.6 Å². The average molecular weight is 399 g/mol. The van der Waals surface area contributed by atoms with Gasteiger partial charge in [0.05, 0.1) is 12.3 Å². The summed E-state index contributed by atoms with van der Waals surface area (Å²) < 4.78 is 33.7. The fourth-order valence-electron chi connectivity index (χ4n) is 2.68. The predicted molar refractivity (Wildman–Crippen MR) is 103 cm³/mol. The number of halogens is 2. The molecular formula is C21H19F2N3O3. The van der Waals surface area contributed by atoms with Crippen molar-refractivity contribution in [2.45, 2.75) is 20.0 Å². The van der Waals surface area contributed by atoms with Gasteiger partial charge in [0.25, 0.3) is 5.56 Å². The fraction of sp³-hybridized carbons (Fsp3) is 0.190. The highest BCUT2D eigenvalue weighted by molar-refractivity contribution is 5.75. The molecule has 1 amide bonds. The van der Waals surface area contributed by atoms with E-state index >= 15 is 0 Å². The standard InChI is InChI=1S/C21H19F2N3O3/c1-2-29-15-8-6-14(7-9-15)19-10-11-21(28)26(25-19)13-20(27)24-12-16-17(22)4-3-5-18(16)23/h3-11H,2,12-13H2,1H3,(H,24,27). The SMILES string of the molecule is CCOc1ccc(-c2ccc(=O)n(CC(=O)NCc3c(F)cccc3F)n2)cc1. The van der Waals surface area contributed by atoms with Crippen LogP contribution >= 0.6 is 0 Å². The molecule has 6 nitrogen and oxygen atoms in total. The molecule has 0 saturated carbocycles. The Labute approximate surface area is 165 Å². The van der Waals surface area contributed by atoms with Gasteiger partial charge in [-0.3, -0.25) is 9.59 Å². The Bertz CT molecular complexity index is 1050. The van der Waals surface area contributed by atoms with Crippen LogP contribution in [0.5, 0.6) is 5.75 Å². The summed E-state index contributed by atoms with van der Waals surface area (Å²) in [5, 5.41) is 6.60. The highest BCUT2D eigenvalue weighted by Crippen LogP contribution is 2.19. The number of nitrogens with one attached hydrogen (secondary N) is 1. The molecule has 0 atom stereocenters. The zero-order valence-corrected chi connectivity index (χ0v) is 15.7. The van der Waals surface area contributed by atoms with Crippen molar-refractivity contribution >= 4 is 5.91 Å². The molecule has 150 valence electrons. The number of aromatic nitrogens is 2. The van der Waals surface area contributed by atoms with Crippen LogP contribution in [0.1, 0.15) is 12.5 Å². The lowest BCUT2D eigenvalue weighted by Gasteiger charge is -2.10. The number of carbonyl (C=O) groups is 1. The molecule has 2 aromatic carbocycles. The summed E-state index contributed by atoms with van der Waals surface area (Å²) in [5.41, 5.74) is 0.535. The molecule has 0 aliphatic carbocycles. The van der Waals surface area contributed by atoms with Crippen LogP contribution in [0.2, 0.25) is 0 Å². The van der Waals surface area contributed by atoms with Crippen molar-refractivity contribution in [2.24, 2.45) is 0 Å². The zero-order valence-electron chi connectivity index (χ0n) is 15.7. The Kier molecular flexibility index (Phi) is 6.33. The first kappa shape index (κ1) is 20.2. The lowest BCUT2D eigenvalue weighted by atomic mass is 10.1. The lowest BCUT2D eigenvalue weighted by Crippen LogP contribution is -2.33. The second-order valence-electron chi connectivity index (χ2n) is 6.15. The smallest absolute Gasteiger partial charge is 0.267 e. The number of nitrogens with zero attached hydrogens (tertiary/aromatic N) is 2. The van der Waals surface area contributed by atoms with E-state index in [0.29, 0.717) is 18.1 Å². The second-order valence-corrected chi connectivity index (χ2v) is 6.15. The van der Waals surface area contributed by atoms with Crippen molar-refractivity contribution in [3.63, 3.8) is 0 Å². The predicted octanol–water partition coefficient (Wildman–Crippen LogP) is 2.90. The zero-order chi connectivity index (χ0) is 20.8. The second kappa shape index (κ2) is 9.09. The summed E-state index contributed by atoms with van der Waals surface area (Å²) >= 11 is 0. The minimum absolute atomic E-state index is 0.246. The van der Waals surface area contributed by atoms with E-state index in [9.17, 15) is 18.4 Å². The molecular weight excluding hydrogens is 380 g/mol. The van der Waals surface area contributed by atoms with Gasteiger partial charge in [0.1, 0.15) is 23.9 Å². The summed E-state index contributed by atoms with van der Waals surface area (Å²) in [6.45, 7) is 1.73. The lowest BCUT2D eigenvalue weighted by molar-refractivity contribution is -0.122. The van der Waals surface area contributed by atoms with Crippen LogP contribution in [-0.2, 0) is 17.9 Å². The third-order valence-corrected chi connectivity index (χ3v) is 4.15. The monoisotopic (exact) mass is 399 g/mol. The number of ether oxygens (including phenoxy) is 1. The minimum atomic E-state index is -0.752. The van der Waals surface area contributed by atoms with Gasteiger partial charge in [-0.05, 0) is 49.4 Å². The van der Waals surface area contributed by atoms with E-state index in [1.165, 1.54) is 12.1 Å². The highest BCUT2D eigenvalue weighted by Gasteiger charge is 2.12. The maximum Gasteiger partial charge on any atom is 0.267 e. The molecule has 0 spiro atoms.